The normalized spacial score (nSPS) is 16.6. The van der Waals surface area contributed by atoms with E-state index in [1.165, 1.54) is 11.8 Å². The summed E-state index contributed by atoms with van der Waals surface area (Å²) in [6.45, 7) is 0. The first kappa shape index (κ1) is 14.9. The van der Waals surface area contributed by atoms with E-state index in [2.05, 4.69) is 0 Å². The highest BCUT2D eigenvalue weighted by Crippen LogP contribution is 2.36. The molecule has 0 spiro atoms. The first-order valence-corrected chi connectivity index (χ1v) is 7.86. The van der Waals surface area contributed by atoms with E-state index >= 15 is 0 Å². The minimum atomic E-state index is -0.0960. The number of carbonyl (C=O) groups is 1. The van der Waals surface area contributed by atoms with Crippen molar-refractivity contribution in [1.29, 1.82) is 0 Å². The number of anilines is 1. The molecule has 0 radical (unpaired) electrons. The van der Waals surface area contributed by atoms with Crippen molar-refractivity contribution in [3.05, 3.63) is 53.2 Å². The highest BCUT2D eigenvalue weighted by Gasteiger charge is 2.33. The minimum Gasteiger partial charge on any atom is -0.497 e. The molecule has 1 saturated heterocycles. The van der Waals surface area contributed by atoms with Crippen molar-refractivity contribution in [2.24, 2.45) is 7.05 Å². The zero-order valence-electron chi connectivity index (χ0n) is 12.1. The molecule has 1 aliphatic heterocycles. The fourth-order valence-electron chi connectivity index (χ4n) is 2.18. The highest BCUT2D eigenvalue weighted by atomic mass is 32.2. The quantitative estimate of drug-likeness (QED) is 0.638. The van der Waals surface area contributed by atoms with Crippen LogP contribution in [-0.4, -0.2) is 21.9 Å². The van der Waals surface area contributed by atoms with E-state index in [1.807, 2.05) is 60.3 Å². The van der Waals surface area contributed by atoms with Crippen LogP contribution in [0.15, 0.2) is 47.5 Å². The molecular weight excluding hydrogens is 316 g/mol. The monoisotopic (exact) mass is 330 g/mol. The number of benzene rings is 1. The Morgan fingerprint density at radius 2 is 1.95 bits per heavy atom. The van der Waals surface area contributed by atoms with Crippen LogP contribution in [0.5, 0.6) is 5.75 Å². The van der Waals surface area contributed by atoms with Crippen molar-refractivity contribution in [2.45, 2.75) is 0 Å². The van der Waals surface area contributed by atoms with Crippen LogP contribution in [0, 0.1) is 0 Å². The van der Waals surface area contributed by atoms with E-state index in [0.29, 0.717) is 9.23 Å². The smallest absolute Gasteiger partial charge is 0.270 e. The van der Waals surface area contributed by atoms with Gasteiger partial charge in [0.1, 0.15) is 5.75 Å². The number of ether oxygens (including phenoxy) is 1. The van der Waals surface area contributed by atoms with E-state index in [4.69, 9.17) is 17.0 Å². The van der Waals surface area contributed by atoms with Gasteiger partial charge in [-0.05, 0) is 42.5 Å². The summed E-state index contributed by atoms with van der Waals surface area (Å²) in [6.07, 6.45) is 3.80. The molecule has 1 aromatic carbocycles. The number of nitrogens with zero attached hydrogens (tertiary/aromatic N) is 2. The van der Waals surface area contributed by atoms with Gasteiger partial charge in [-0.15, -0.1) is 0 Å². The molecule has 0 atom stereocenters. The molecule has 112 valence electrons. The van der Waals surface area contributed by atoms with E-state index < -0.39 is 0 Å². The molecule has 3 rings (SSSR count). The predicted molar refractivity (Wildman–Crippen MR) is 94.1 cm³/mol. The standard InChI is InChI=1S/C16H14N2O2S2/c1-17-9-3-4-12(17)10-14-15(19)18(16(21)22-14)11-5-7-13(20-2)8-6-11/h3-10H,1-2H3/b14-10+. The van der Waals surface area contributed by atoms with Crippen LogP contribution in [0.4, 0.5) is 5.69 Å². The molecule has 0 aliphatic carbocycles. The Kier molecular flexibility index (Phi) is 4.04. The van der Waals surface area contributed by atoms with Crippen LogP contribution in [0.1, 0.15) is 5.69 Å². The molecule has 6 heteroatoms. The number of methoxy groups -OCH3 is 1. The number of aryl methyl sites for hydroxylation is 1. The second kappa shape index (κ2) is 5.98. The van der Waals surface area contributed by atoms with Gasteiger partial charge in [0.05, 0.1) is 17.7 Å². The van der Waals surface area contributed by atoms with Gasteiger partial charge < -0.3 is 9.30 Å². The summed E-state index contributed by atoms with van der Waals surface area (Å²) in [6, 6.07) is 11.2. The van der Waals surface area contributed by atoms with Gasteiger partial charge in [-0.1, -0.05) is 24.0 Å². The van der Waals surface area contributed by atoms with Gasteiger partial charge >= 0.3 is 0 Å². The highest BCUT2D eigenvalue weighted by molar-refractivity contribution is 8.27. The SMILES string of the molecule is COc1ccc(N2C(=O)/C(=C\c3cccn3C)SC2=S)cc1. The first-order chi connectivity index (χ1) is 10.6. The maximum atomic E-state index is 12.6. The summed E-state index contributed by atoms with van der Waals surface area (Å²) in [7, 11) is 3.55. The average molecular weight is 330 g/mol. The number of hydrogen-bond acceptors (Lipinski definition) is 4. The third-order valence-corrected chi connectivity index (χ3v) is 4.69. The minimum absolute atomic E-state index is 0.0960. The maximum Gasteiger partial charge on any atom is 0.270 e. The number of aromatic nitrogens is 1. The molecule has 22 heavy (non-hydrogen) atoms. The summed E-state index contributed by atoms with van der Waals surface area (Å²) in [4.78, 5) is 14.8. The Bertz CT molecular complexity index is 763. The Balaban J connectivity index is 1.91. The summed E-state index contributed by atoms with van der Waals surface area (Å²) < 4.78 is 7.63. The molecule has 2 aromatic rings. The fourth-order valence-corrected chi connectivity index (χ4v) is 3.46. The van der Waals surface area contributed by atoms with Crippen molar-refractivity contribution < 1.29 is 9.53 Å². The molecule has 1 amide bonds. The van der Waals surface area contributed by atoms with Gasteiger partial charge in [0.2, 0.25) is 0 Å². The van der Waals surface area contributed by atoms with Gasteiger partial charge in [-0.3, -0.25) is 9.69 Å². The third kappa shape index (κ3) is 2.67. The van der Waals surface area contributed by atoms with Crippen molar-refractivity contribution in [1.82, 2.24) is 4.57 Å². The molecule has 1 aliphatic rings. The van der Waals surface area contributed by atoms with Crippen LogP contribution in [0.3, 0.4) is 0 Å². The number of hydrogen-bond donors (Lipinski definition) is 0. The number of amides is 1. The Labute approximate surface area is 138 Å². The third-order valence-electron chi connectivity index (χ3n) is 3.39. The van der Waals surface area contributed by atoms with Crippen LogP contribution < -0.4 is 9.64 Å². The van der Waals surface area contributed by atoms with E-state index in [1.54, 1.807) is 12.0 Å². The van der Waals surface area contributed by atoms with Crippen LogP contribution in [0.2, 0.25) is 0 Å². The largest absolute Gasteiger partial charge is 0.497 e. The van der Waals surface area contributed by atoms with Crippen molar-refractivity contribution >= 4 is 46.0 Å². The van der Waals surface area contributed by atoms with Crippen molar-refractivity contribution in [3.8, 4) is 5.75 Å². The average Bonchev–Trinajstić information content (AvgIpc) is 3.04. The Morgan fingerprint density at radius 3 is 2.55 bits per heavy atom. The van der Waals surface area contributed by atoms with Crippen LogP contribution in [0.25, 0.3) is 6.08 Å². The van der Waals surface area contributed by atoms with Gasteiger partial charge in [-0.2, -0.15) is 0 Å². The van der Waals surface area contributed by atoms with Gasteiger partial charge in [0.15, 0.2) is 4.32 Å². The topological polar surface area (TPSA) is 34.5 Å². The lowest BCUT2D eigenvalue weighted by molar-refractivity contribution is -0.113. The molecular formula is C16H14N2O2S2. The molecule has 0 N–H and O–H groups in total. The number of rotatable bonds is 3. The lowest BCUT2D eigenvalue weighted by atomic mass is 10.2. The summed E-state index contributed by atoms with van der Waals surface area (Å²) in [5.41, 5.74) is 1.72. The van der Waals surface area contributed by atoms with Gasteiger partial charge in [0.25, 0.3) is 5.91 Å². The number of thiocarbonyl (C=S) groups is 1. The molecule has 2 heterocycles. The molecule has 1 fully saturated rings. The summed E-state index contributed by atoms with van der Waals surface area (Å²) >= 11 is 6.67. The molecule has 0 saturated carbocycles. The van der Waals surface area contributed by atoms with Gasteiger partial charge in [0, 0.05) is 18.9 Å². The van der Waals surface area contributed by atoms with Crippen molar-refractivity contribution in [2.75, 3.05) is 12.0 Å². The maximum absolute atomic E-state index is 12.6. The van der Waals surface area contributed by atoms with E-state index in [-0.39, 0.29) is 5.91 Å². The first-order valence-electron chi connectivity index (χ1n) is 6.63. The molecule has 1 aromatic heterocycles. The second-order valence-electron chi connectivity index (χ2n) is 4.76. The molecule has 4 nitrogen and oxygen atoms in total. The second-order valence-corrected chi connectivity index (χ2v) is 6.43. The molecule has 0 unspecified atom stereocenters. The zero-order chi connectivity index (χ0) is 15.7. The predicted octanol–water partition coefficient (Wildman–Crippen LogP) is 3.44. The summed E-state index contributed by atoms with van der Waals surface area (Å²) in [5, 5.41) is 0. The van der Waals surface area contributed by atoms with Crippen LogP contribution >= 0.6 is 24.0 Å². The van der Waals surface area contributed by atoms with E-state index in [0.717, 1.165) is 17.1 Å². The molecule has 0 bridgehead atoms. The Morgan fingerprint density at radius 1 is 1.23 bits per heavy atom. The lowest BCUT2D eigenvalue weighted by Crippen LogP contribution is -2.27. The van der Waals surface area contributed by atoms with Crippen LogP contribution in [-0.2, 0) is 11.8 Å². The lowest BCUT2D eigenvalue weighted by Gasteiger charge is -2.14. The number of thioether (sulfide) groups is 1. The van der Waals surface area contributed by atoms with Crippen molar-refractivity contribution in [3.63, 3.8) is 0 Å². The summed E-state index contributed by atoms with van der Waals surface area (Å²) in [5.74, 6) is 0.648. The zero-order valence-corrected chi connectivity index (χ0v) is 13.8. The number of carbonyl (C=O) groups excluding carboxylic acids is 1. The fraction of sp³-hybridized carbons (Fsp3) is 0.125. The van der Waals surface area contributed by atoms with Gasteiger partial charge in [-0.25, -0.2) is 0 Å². The Hall–Kier alpha value is -2.05. The van der Waals surface area contributed by atoms with E-state index in [9.17, 15) is 4.79 Å².